The van der Waals surface area contributed by atoms with Crippen LogP contribution in [0.3, 0.4) is 0 Å². The highest BCUT2D eigenvalue weighted by Gasteiger charge is 2.23. The van der Waals surface area contributed by atoms with E-state index in [1.54, 1.807) is 24.5 Å². The Hall–Kier alpha value is -2.62. The van der Waals surface area contributed by atoms with Gasteiger partial charge in [0.15, 0.2) is 0 Å². The van der Waals surface area contributed by atoms with E-state index >= 15 is 0 Å². The number of nitrogens with one attached hydrogen (secondary N) is 2. The van der Waals surface area contributed by atoms with Gasteiger partial charge in [-0.15, -0.1) is 0 Å². The zero-order valence-corrected chi connectivity index (χ0v) is 12.8. The summed E-state index contributed by atoms with van der Waals surface area (Å²) >= 11 is 0. The fourth-order valence-corrected chi connectivity index (χ4v) is 2.67. The molecule has 4 nitrogen and oxygen atoms in total. The number of aromatic nitrogens is 2. The van der Waals surface area contributed by atoms with E-state index in [1.165, 1.54) is 10.9 Å². The number of H-pyrrole nitrogens is 1. The number of aromatic amines is 1. The topological polar surface area (TPSA) is 57.8 Å². The lowest BCUT2D eigenvalue weighted by molar-refractivity contribution is 0.0912. The molecule has 0 saturated carbocycles. The van der Waals surface area contributed by atoms with Crippen LogP contribution in [0.15, 0.2) is 55.0 Å². The van der Waals surface area contributed by atoms with Crippen molar-refractivity contribution in [3.8, 4) is 0 Å². The Labute approximate surface area is 129 Å². The van der Waals surface area contributed by atoms with Crippen LogP contribution in [0, 0.1) is 0 Å². The maximum Gasteiger partial charge on any atom is 0.253 e. The first-order valence-corrected chi connectivity index (χ1v) is 7.33. The second-order valence-corrected chi connectivity index (χ2v) is 6.12. The van der Waals surface area contributed by atoms with Crippen LogP contribution < -0.4 is 5.32 Å². The molecule has 4 heteroatoms. The molecule has 1 amide bonds. The molecule has 112 valence electrons. The van der Waals surface area contributed by atoms with Gasteiger partial charge in [-0.2, -0.15) is 0 Å². The van der Waals surface area contributed by atoms with Crippen LogP contribution in [-0.4, -0.2) is 21.4 Å². The third-order valence-corrected chi connectivity index (χ3v) is 3.68. The number of carbonyl (C=O) groups is 1. The number of hydrogen-bond acceptors (Lipinski definition) is 2. The molecule has 0 aliphatic carbocycles. The summed E-state index contributed by atoms with van der Waals surface area (Å²) in [6, 6.07) is 11.7. The number of pyridine rings is 1. The van der Waals surface area contributed by atoms with Crippen molar-refractivity contribution in [2.75, 3.05) is 0 Å². The number of rotatable bonds is 4. The molecule has 2 heterocycles. The maximum absolute atomic E-state index is 12.3. The van der Waals surface area contributed by atoms with Crippen molar-refractivity contribution < 1.29 is 4.79 Å². The molecule has 0 aliphatic heterocycles. The van der Waals surface area contributed by atoms with E-state index in [0.29, 0.717) is 5.56 Å². The molecule has 2 N–H and O–H groups in total. The first kappa shape index (κ1) is 14.3. The molecule has 0 atom stereocenters. The molecule has 1 aromatic carbocycles. The summed E-state index contributed by atoms with van der Waals surface area (Å²) in [6.45, 7) is 4.06. The summed E-state index contributed by atoms with van der Waals surface area (Å²) in [5.74, 6) is -0.0991. The number of para-hydroxylation sites is 1. The Balaban J connectivity index is 1.77. The van der Waals surface area contributed by atoms with E-state index in [1.807, 2.05) is 32.2 Å². The van der Waals surface area contributed by atoms with Crippen LogP contribution in [0.2, 0.25) is 0 Å². The minimum Gasteiger partial charge on any atom is -0.361 e. The van der Waals surface area contributed by atoms with Crippen molar-refractivity contribution in [3.05, 3.63) is 66.1 Å². The first-order valence-electron chi connectivity index (χ1n) is 7.33. The molecular weight excluding hydrogens is 274 g/mol. The van der Waals surface area contributed by atoms with Crippen LogP contribution in [0.5, 0.6) is 0 Å². The molecule has 22 heavy (non-hydrogen) atoms. The second kappa shape index (κ2) is 5.64. The molecule has 0 radical (unpaired) electrons. The summed E-state index contributed by atoms with van der Waals surface area (Å²) < 4.78 is 0. The van der Waals surface area contributed by atoms with Crippen molar-refractivity contribution in [3.63, 3.8) is 0 Å². The molecule has 0 bridgehead atoms. The van der Waals surface area contributed by atoms with E-state index in [-0.39, 0.29) is 11.4 Å². The Morgan fingerprint density at radius 2 is 2.05 bits per heavy atom. The summed E-state index contributed by atoms with van der Waals surface area (Å²) in [4.78, 5) is 19.6. The van der Waals surface area contributed by atoms with Gasteiger partial charge < -0.3 is 10.3 Å². The fraction of sp³-hybridized carbons (Fsp3) is 0.222. The SMILES string of the molecule is CC(C)(Cc1c[nH]c2ccccc12)NC(=O)c1cccnc1. The molecule has 0 fully saturated rings. The van der Waals surface area contributed by atoms with Crippen LogP contribution in [0.25, 0.3) is 10.9 Å². The average molecular weight is 293 g/mol. The van der Waals surface area contributed by atoms with Gasteiger partial charge >= 0.3 is 0 Å². The quantitative estimate of drug-likeness (QED) is 0.775. The monoisotopic (exact) mass is 293 g/mol. The third-order valence-electron chi connectivity index (χ3n) is 3.68. The Morgan fingerprint density at radius 1 is 1.23 bits per heavy atom. The van der Waals surface area contributed by atoms with Gasteiger partial charge in [-0.05, 0) is 44.0 Å². The highest BCUT2D eigenvalue weighted by molar-refractivity contribution is 5.94. The second-order valence-electron chi connectivity index (χ2n) is 6.12. The average Bonchev–Trinajstić information content (AvgIpc) is 2.90. The van der Waals surface area contributed by atoms with Crippen LogP contribution >= 0.6 is 0 Å². The minimum absolute atomic E-state index is 0.0991. The standard InChI is InChI=1S/C18H19N3O/c1-18(2,21-17(22)13-6-5-9-19-11-13)10-14-12-20-16-8-4-3-7-15(14)16/h3-9,11-12,20H,10H2,1-2H3,(H,21,22). The first-order chi connectivity index (χ1) is 10.6. The lowest BCUT2D eigenvalue weighted by Gasteiger charge is -2.26. The number of carbonyl (C=O) groups excluding carboxylic acids is 1. The van der Waals surface area contributed by atoms with Crippen LogP contribution in [-0.2, 0) is 6.42 Å². The molecule has 0 aliphatic rings. The summed E-state index contributed by atoms with van der Waals surface area (Å²) in [5, 5.41) is 4.28. The zero-order valence-electron chi connectivity index (χ0n) is 12.8. The van der Waals surface area contributed by atoms with Gasteiger partial charge in [0.05, 0.1) is 5.56 Å². The van der Waals surface area contributed by atoms with Crippen LogP contribution in [0.1, 0.15) is 29.8 Å². The lowest BCUT2D eigenvalue weighted by Crippen LogP contribution is -2.45. The normalized spacial score (nSPS) is 11.5. The summed E-state index contributed by atoms with van der Waals surface area (Å²) in [6.07, 6.45) is 6.01. The van der Waals surface area contributed by atoms with Crippen molar-refractivity contribution in [1.29, 1.82) is 0 Å². The van der Waals surface area contributed by atoms with E-state index in [9.17, 15) is 4.79 Å². The smallest absolute Gasteiger partial charge is 0.253 e. The number of amides is 1. The van der Waals surface area contributed by atoms with Crippen LogP contribution in [0.4, 0.5) is 0 Å². The predicted molar refractivity (Wildman–Crippen MR) is 87.8 cm³/mol. The Morgan fingerprint density at radius 3 is 2.82 bits per heavy atom. The number of fused-ring (bicyclic) bond motifs is 1. The third kappa shape index (κ3) is 3.01. The Bertz CT molecular complexity index is 790. The van der Waals surface area contributed by atoms with E-state index in [4.69, 9.17) is 0 Å². The predicted octanol–water partition coefficient (Wildman–Crippen LogP) is 3.31. The van der Waals surface area contributed by atoms with Gasteiger partial charge in [0.25, 0.3) is 5.91 Å². The number of benzene rings is 1. The Kier molecular flexibility index (Phi) is 3.67. The molecular formula is C18H19N3O. The van der Waals surface area contributed by atoms with Gasteiger partial charge in [-0.1, -0.05) is 18.2 Å². The largest absolute Gasteiger partial charge is 0.361 e. The highest BCUT2D eigenvalue weighted by Crippen LogP contribution is 2.22. The highest BCUT2D eigenvalue weighted by atomic mass is 16.1. The summed E-state index contributed by atoms with van der Waals surface area (Å²) in [7, 11) is 0. The fourth-order valence-electron chi connectivity index (χ4n) is 2.67. The lowest BCUT2D eigenvalue weighted by atomic mass is 9.94. The van der Waals surface area contributed by atoms with Gasteiger partial charge in [0, 0.05) is 35.0 Å². The van der Waals surface area contributed by atoms with E-state index in [0.717, 1.165) is 11.9 Å². The molecule has 2 aromatic heterocycles. The maximum atomic E-state index is 12.3. The molecule has 0 saturated heterocycles. The van der Waals surface area contributed by atoms with Gasteiger partial charge in [0.2, 0.25) is 0 Å². The zero-order chi connectivity index (χ0) is 15.6. The van der Waals surface area contributed by atoms with E-state index in [2.05, 4.69) is 27.4 Å². The van der Waals surface area contributed by atoms with Crippen molar-refractivity contribution >= 4 is 16.8 Å². The van der Waals surface area contributed by atoms with Crippen molar-refractivity contribution in [2.45, 2.75) is 25.8 Å². The molecule has 3 aromatic rings. The van der Waals surface area contributed by atoms with E-state index < -0.39 is 0 Å². The molecule has 0 spiro atoms. The molecule has 0 unspecified atom stereocenters. The van der Waals surface area contributed by atoms with Crippen molar-refractivity contribution in [2.24, 2.45) is 0 Å². The van der Waals surface area contributed by atoms with Gasteiger partial charge in [0.1, 0.15) is 0 Å². The molecule has 3 rings (SSSR count). The summed E-state index contributed by atoms with van der Waals surface area (Å²) in [5.41, 5.74) is 2.55. The van der Waals surface area contributed by atoms with Gasteiger partial charge in [-0.3, -0.25) is 9.78 Å². The van der Waals surface area contributed by atoms with Crippen molar-refractivity contribution in [1.82, 2.24) is 15.3 Å². The minimum atomic E-state index is -0.349. The number of hydrogen-bond donors (Lipinski definition) is 2. The van der Waals surface area contributed by atoms with Gasteiger partial charge in [-0.25, -0.2) is 0 Å². The number of nitrogens with zero attached hydrogens (tertiary/aromatic N) is 1.